The molecule has 0 fully saturated rings. The van der Waals surface area contributed by atoms with Crippen molar-refractivity contribution in [3.05, 3.63) is 70.2 Å². The minimum Gasteiger partial charge on any atom is -0.352 e. The van der Waals surface area contributed by atoms with Gasteiger partial charge in [0.25, 0.3) is 0 Å². The normalized spacial score (nSPS) is 11.2. The number of carbonyl (C=O) groups excluding carboxylic acids is 1. The molecule has 2 aromatic carbocycles. The lowest BCUT2D eigenvalue weighted by Gasteiger charge is -2.09. The van der Waals surface area contributed by atoms with Crippen molar-refractivity contribution in [2.24, 2.45) is 0 Å². The Morgan fingerprint density at radius 1 is 1.04 bits per heavy atom. The van der Waals surface area contributed by atoms with Crippen molar-refractivity contribution >= 4 is 27.3 Å². The predicted molar refractivity (Wildman–Crippen MR) is 96.6 cm³/mol. The number of benzene rings is 2. The van der Waals surface area contributed by atoms with Gasteiger partial charge in [0.05, 0.1) is 11.5 Å². The molecule has 0 aliphatic heterocycles. The summed E-state index contributed by atoms with van der Waals surface area (Å²) < 4.78 is 24.4. The van der Waals surface area contributed by atoms with Crippen LogP contribution in [0.4, 0.5) is 0 Å². The molecular weight excluding hydrogens is 346 g/mol. The Balaban J connectivity index is 1.84. The number of carbonyl (C=O) groups is 1. The summed E-state index contributed by atoms with van der Waals surface area (Å²) in [5.41, 5.74) is 2.51. The number of nitrogens with one attached hydrogen (secondary N) is 1. The minimum absolute atomic E-state index is 0.0442. The van der Waals surface area contributed by atoms with E-state index in [0.717, 1.165) is 16.7 Å². The summed E-state index contributed by atoms with van der Waals surface area (Å²) in [6.45, 7) is 2.16. The van der Waals surface area contributed by atoms with Crippen LogP contribution in [0, 0.1) is 6.92 Å². The molecule has 0 bridgehead atoms. The maximum Gasteiger partial charge on any atom is 0.221 e. The van der Waals surface area contributed by atoms with Gasteiger partial charge < -0.3 is 5.32 Å². The Labute approximate surface area is 147 Å². The van der Waals surface area contributed by atoms with Gasteiger partial charge in [0.1, 0.15) is 0 Å². The first-order chi connectivity index (χ1) is 11.4. The van der Waals surface area contributed by atoms with E-state index < -0.39 is 9.84 Å². The van der Waals surface area contributed by atoms with Crippen LogP contribution >= 0.6 is 11.6 Å². The van der Waals surface area contributed by atoms with Crippen molar-refractivity contribution in [3.8, 4) is 0 Å². The molecule has 1 N–H and O–H groups in total. The van der Waals surface area contributed by atoms with Crippen LogP contribution in [0.5, 0.6) is 0 Å². The summed E-state index contributed by atoms with van der Waals surface area (Å²) in [6.07, 6.45) is -0.0569. The monoisotopic (exact) mass is 365 g/mol. The highest BCUT2D eigenvalue weighted by Crippen LogP contribution is 2.15. The van der Waals surface area contributed by atoms with Gasteiger partial charge in [0.15, 0.2) is 9.84 Å². The zero-order chi connectivity index (χ0) is 17.6. The fourth-order valence-electron chi connectivity index (χ4n) is 2.25. The van der Waals surface area contributed by atoms with Gasteiger partial charge >= 0.3 is 0 Å². The number of hydrogen-bond acceptors (Lipinski definition) is 3. The minimum atomic E-state index is -3.33. The van der Waals surface area contributed by atoms with Gasteiger partial charge in [-0.2, -0.15) is 0 Å². The highest BCUT2D eigenvalue weighted by Gasteiger charge is 2.15. The fraction of sp³-hybridized carbons (Fsp3) is 0.278. The fourth-order valence-corrected chi connectivity index (χ4v) is 3.89. The SMILES string of the molecule is Cc1ccccc1CS(=O)(=O)CCC(=O)NCc1ccccc1Cl. The Kier molecular flexibility index (Phi) is 6.40. The van der Waals surface area contributed by atoms with Gasteiger partial charge in [0, 0.05) is 18.0 Å². The van der Waals surface area contributed by atoms with E-state index in [1.54, 1.807) is 12.1 Å². The van der Waals surface area contributed by atoms with Gasteiger partial charge in [-0.1, -0.05) is 54.1 Å². The van der Waals surface area contributed by atoms with Gasteiger partial charge in [-0.3, -0.25) is 4.79 Å². The average Bonchev–Trinajstić information content (AvgIpc) is 2.54. The molecule has 2 rings (SSSR count). The Morgan fingerprint density at radius 3 is 2.33 bits per heavy atom. The first-order valence-corrected chi connectivity index (χ1v) is 9.82. The molecule has 1 amide bonds. The van der Waals surface area contributed by atoms with E-state index in [2.05, 4.69) is 5.32 Å². The molecule has 128 valence electrons. The lowest BCUT2D eigenvalue weighted by molar-refractivity contribution is -0.120. The van der Waals surface area contributed by atoms with E-state index in [0.29, 0.717) is 5.02 Å². The van der Waals surface area contributed by atoms with Crippen LogP contribution < -0.4 is 5.32 Å². The van der Waals surface area contributed by atoms with Gasteiger partial charge in [-0.25, -0.2) is 8.42 Å². The Morgan fingerprint density at radius 2 is 1.67 bits per heavy atom. The summed E-state index contributed by atoms with van der Waals surface area (Å²) in [6, 6.07) is 14.6. The molecular formula is C18H20ClNO3S. The Bertz CT molecular complexity index is 819. The first-order valence-electron chi connectivity index (χ1n) is 7.62. The van der Waals surface area contributed by atoms with Crippen LogP contribution in [0.3, 0.4) is 0 Å². The highest BCUT2D eigenvalue weighted by atomic mass is 35.5. The van der Waals surface area contributed by atoms with Crippen LogP contribution in [0.15, 0.2) is 48.5 Å². The number of rotatable bonds is 7. The van der Waals surface area contributed by atoms with Crippen molar-refractivity contribution in [3.63, 3.8) is 0 Å². The van der Waals surface area contributed by atoms with E-state index in [1.165, 1.54) is 0 Å². The molecule has 0 spiro atoms. The molecule has 0 unspecified atom stereocenters. The number of amides is 1. The molecule has 0 radical (unpaired) electrons. The van der Waals surface area contributed by atoms with Crippen LogP contribution in [0.25, 0.3) is 0 Å². The van der Waals surface area contributed by atoms with Gasteiger partial charge in [-0.05, 0) is 29.7 Å². The third-order valence-corrected chi connectivity index (χ3v) is 5.66. The molecule has 0 atom stereocenters. The summed E-state index contributed by atoms with van der Waals surface area (Å²) in [5.74, 6) is -0.518. The van der Waals surface area contributed by atoms with E-state index >= 15 is 0 Å². The molecule has 0 aliphatic rings. The third-order valence-electron chi connectivity index (χ3n) is 3.71. The Hall–Kier alpha value is -1.85. The second-order valence-corrected chi connectivity index (χ2v) is 8.23. The molecule has 0 saturated heterocycles. The first kappa shape index (κ1) is 18.5. The molecule has 4 nitrogen and oxygen atoms in total. The molecule has 2 aromatic rings. The maximum atomic E-state index is 12.2. The molecule has 0 saturated carbocycles. The molecule has 6 heteroatoms. The van der Waals surface area contributed by atoms with Crippen LogP contribution in [0.2, 0.25) is 5.02 Å². The third kappa shape index (κ3) is 5.65. The van der Waals surface area contributed by atoms with Crippen molar-refractivity contribution in [2.75, 3.05) is 5.75 Å². The van der Waals surface area contributed by atoms with Crippen LogP contribution in [-0.2, 0) is 26.9 Å². The lowest BCUT2D eigenvalue weighted by atomic mass is 10.1. The number of hydrogen-bond donors (Lipinski definition) is 1. The van der Waals surface area contributed by atoms with E-state index in [-0.39, 0.29) is 30.4 Å². The quantitative estimate of drug-likeness (QED) is 0.819. The van der Waals surface area contributed by atoms with E-state index in [4.69, 9.17) is 11.6 Å². The summed E-state index contributed by atoms with van der Waals surface area (Å²) in [5, 5.41) is 3.27. The molecule has 24 heavy (non-hydrogen) atoms. The topological polar surface area (TPSA) is 63.2 Å². The largest absolute Gasteiger partial charge is 0.352 e. The zero-order valence-electron chi connectivity index (χ0n) is 13.5. The van der Waals surface area contributed by atoms with E-state index in [1.807, 2.05) is 43.3 Å². The van der Waals surface area contributed by atoms with Crippen LogP contribution in [-0.4, -0.2) is 20.1 Å². The van der Waals surface area contributed by atoms with Crippen molar-refractivity contribution < 1.29 is 13.2 Å². The molecule has 0 aromatic heterocycles. The number of halogens is 1. The van der Waals surface area contributed by atoms with Gasteiger partial charge in [-0.15, -0.1) is 0 Å². The molecule has 0 heterocycles. The van der Waals surface area contributed by atoms with Crippen LogP contribution in [0.1, 0.15) is 23.1 Å². The van der Waals surface area contributed by atoms with E-state index in [9.17, 15) is 13.2 Å². The van der Waals surface area contributed by atoms with Gasteiger partial charge in [0.2, 0.25) is 5.91 Å². The average molecular weight is 366 g/mol. The number of aryl methyl sites for hydroxylation is 1. The lowest BCUT2D eigenvalue weighted by Crippen LogP contribution is -2.25. The van der Waals surface area contributed by atoms with Crippen molar-refractivity contribution in [2.45, 2.75) is 25.6 Å². The highest BCUT2D eigenvalue weighted by molar-refractivity contribution is 7.90. The predicted octanol–water partition coefficient (Wildman–Crippen LogP) is 3.27. The van der Waals surface area contributed by atoms with Crippen molar-refractivity contribution in [1.29, 1.82) is 0 Å². The smallest absolute Gasteiger partial charge is 0.221 e. The van der Waals surface area contributed by atoms with Crippen molar-refractivity contribution in [1.82, 2.24) is 5.32 Å². The summed E-state index contributed by atoms with van der Waals surface area (Å²) >= 11 is 6.02. The second kappa shape index (κ2) is 8.31. The second-order valence-electron chi connectivity index (χ2n) is 5.64. The maximum absolute atomic E-state index is 12.2. The molecule has 0 aliphatic carbocycles. The summed E-state index contributed by atoms with van der Waals surface area (Å²) in [7, 11) is -3.33. The standard InChI is InChI=1S/C18H20ClNO3S/c1-14-6-2-3-8-16(14)13-24(22,23)11-10-18(21)20-12-15-7-4-5-9-17(15)19/h2-9H,10-13H2,1H3,(H,20,21). The summed E-state index contributed by atoms with van der Waals surface area (Å²) in [4.78, 5) is 11.9. The zero-order valence-corrected chi connectivity index (χ0v) is 15.0. The number of sulfone groups is 1.